The van der Waals surface area contributed by atoms with E-state index in [1.165, 1.54) is 12.1 Å². The lowest BCUT2D eigenvalue weighted by molar-refractivity contribution is 0.0697. The summed E-state index contributed by atoms with van der Waals surface area (Å²) in [4.78, 5) is 22.2. The minimum absolute atomic E-state index is 0.130. The van der Waals surface area contributed by atoms with E-state index < -0.39 is 5.97 Å². The van der Waals surface area contributed by atoms with Crippen LogP contribution < -0.4 is 5.32 Å². The Bertz CT molecular complexity index is 1350. The van der Waals surface area contributed by atoms with Crippen molar-refractivity contribution in [3.63, 3.8) is 0 Å². The number of thiocarbonyl (C=S) groups is 1. The number of hydrogen-bond donors (Lipinski definition) is 2. The van der Waals surface area contributed by atoms with Gasteiger partial charge in [-0.3, -0.25) is 9.97 Å². The van der Waals surface area contributed by atoms with Gasteiger partial charge in [0.2, 0.25) is 0 Å². The van der Waals surface area contributed by atoms with Gasteiger partial charge in [0.05, 0.1) is 22.3 Å². The molecule has 170 valence electrons. The van der Waals surface area contributed by atoms with E-state index >= 15 is 0 Å². The van der Waals surface area contributed by atoms with Crippen LogP contribution in [-0.4, -0.2) is 31.1 Å². The summed E-state index contributed by atoms with van der Waals surface area (Å²) in [6.07, 6.45) is 5.27. The molecule has 0 spiro atoms. The molecule has 4 aromatic rings. The number of benzene rings is 1. The number of carbonyl (C=O) groups is 1. The third kappa shape index (κ3) is 4.25. The lowest BCUT2D eigenvalue weighted by Gasteiger charge is -2.26. The molecule has 5 rings (SSSR count). The third-order valence-corrected chi connectivity index (χ3v) is 6.35. The number of pyridine rings is 2. The zero-order valence-corrected chi connectivity index (χ0v) is 19.3. The molecule has 1 aromatic carbocycles. The van der Waals surface area contributed by atoms with Gasteiger partial charge in [0.1, 0.15) is 17.6 Å². The van der Waals surface area contributed by atoms with E-state index in [1.54, 1.807) is 30.7 Å². The highest BCUT2D eigenvalue weighted by atomic mass is 35.5. The largest absolute Gasteiger partial charge is 0.478 e. The molecule has 9 heteroatoms. The molecular weight excluding hydrogens is 472 g/mol. The molecule has 7 nitrogen and oxygen atoms in total. The lowest BCUT2D eigenvalue weighted by Crippen LogP contribution is -2.29. The molecule has 2 N–H and O–H groups in total. The van der Waals surface area contributed by atoms with E-state index in [1.807, 2.05) is 41.3 Å². The molecule has 0 bridgehead atoms. The van der Waals surface area contributed by atoms with Crippen molar-refractivity contribution in [2.24, 2.45) is 0 Å². The number of carboxylic acids is 1. The zero-order chi connectivity index (χ0) is 23.7. The van der Waals surface area contributed by atoms with Crippen LogP contribution in [0.15, 0.2) is 83.7 Å². The number of hydrogen-bond acceptors (Lipinski definition) is 5. The molecule has 1 fully saturated rings. The Kier molecular flexibility index (Phi) is 6.00. The Morgan fingerprint density at radius 3 is 2.76 bits per heavy atom. The Labute approximate surface area is 206 Å². The second-order valence-electron chi connectivity index (χ2n) is 7.82. The maximum absolute atomic E-state index is 11.4. The highest BCUT2D eigenvalue weighted by molar-refractivity contribution is 7.80. The number of nitrogens with zero attached hydrogens (tertiary/aromatic N) is 3. The summed E-state index contributed by atoms with van der Waals surface area (Å²) in [5, 5.41) is 13.7. The van der Waals surface area contributed by atoms with Crippen LogP contribution in [0.2, 0.25) is 5.02 Å². The second kappa shape index (κ2) is 9.24. The van der Waals surface area contributed by atoms with Gasteiger partial charge in [0.25, 0.3) is 0 Å². The summed E-state index contributed by atoms with van der Waals surface area (Å²) >= 11 is 12.1. The first-order chi connectivity index (χ1) is 16.5. The standard InChI is InChI=1S/C25H19ClN4O3S/c26-18-7-6-16(24(31)32)12-17(18)20-8-9-21(33-20)23-22(19-5-1-2-11-28-19)29-25(34)30(23)14-15-4-3-10-27-13-15/h1-13,22-23H,14H2,(H,29,34)(H,31,32)/t22-,23-/m0/s1. The summed E-state index contributed by atoms with van der Waals surface area (Å²) in [6.45, 7) is 0.527. The number of rotatable bonds is 6. The Morgan fingerprint density at radius 2 is 2.03 bits per heavy atom. The van der Waals surface area contributed by atoms with Crippen LogP contribution in [0, 0.1) is 0 Å². The monoisotopic (exact) mass is 490 g/mol. The van der Waals surface area contributed by atoms with Crippen molar-refractivity contribution in [3.05, 3.63) is 107 Å². The predicted octanol–water partition coefficient (Wildman–Crippen LogP) is 5.26. The van der Waals surface area contributed by atoms with E-state index in [0.717, 1.165) is 11.3 Å². The van der Waals surface area contributed by atoms with Gasteiger partial charge in [-0.2, -0.15) is 0 Å². The predicted molar refractivity (Wildman–Crippen MR) is 131 cm³/mol. The van der Waals surface area contributed by atoms with Crippen LogP contribution >= 0.6 is 23.8 Å². The van der Waals surface area contributed by atoms with Gasteiger partial charge in [0, 0.05) is 30.7 Å². The van der Waals surface area contributed by atoms with Gasteiger partial charge in [-0.1, -0.05) is 23.7 Å². The van der Waals surface area contributed by atoms with Crippen LogP contribution in [0.1, 0.15) is 39.5 Å². The topological polar surface area (TPSA) is 91.5 Å². The fourth-order valence-corrected chi connectivity index (χ4v) is 4.59. The average Bonchev–Trinajstić information content (AvgIpc) is 3.45. The Morgan fingerprint density at radius 1 is 1.15 bits per heavy atom. The summed E-state index contributed by atoms with van der Waals surface area (Å²) in [5.41, 5.74) is 2.47. The zero-order valence-electron chi connectivity index (χ0n) is 17.8. The molecule has 4 heterocycles. The molecule has 1 saturated heterocycles. The maximum Gasteiger partial charge on any atom is 0.335 e. The van der Waals surface area contributed by atoms with Gasteiger partial charge in [-0.25, -0.2) is 4.79 Å². The highest BCUT2D eigenvalue weighted by Crippen LogP contribution is 2.42. The number of aromatic carboxylic acids is 1. The van der Waals surface area contributed by atoms with Gasteiger partial charge in [-0.05, 0) is 66.3 Å². The normalized spacial score (nSPS) is 17.6. The van der Waals surface area contributed by atoms with Crippen LogP contribution in [0.25, 0.3) is 11.3 Å². The van der Waals surface area contributed by atoms with Gasteiger partial charge in [0.15, 0.2) is 5.11 Å². The molecular formula is C25H19ClN4O3S. The first-order valence-corrected chi connectivity index (χ1v) is 11.3. The molecule has 1 aliphatic heterocycles. The van der Waals surface area contributed by atoms with E-state index in [4.69, 9.17) is 28.2 Å². The number of carboxylic acid groups (broad SMARTS) is 1. The van der Waals surface area contributed by atoms with Crippen molar-refractivity contribution in [2.45, 2.75) is 18.6 Å². The number of furan rings is 1. The fourth-order valence-electron chi connectivity index (χ4n) is 4.08. The molecule has 1 aliphatic rings. The lowest BCUT2D eigenvalue weighted by atomic mass is 10.0. The molecule has 0 aliphatic carbocycles. The van der Waals surface area contributed by atoms with Crippen molar-refractivity contribution in [1.82, 2.24) is 20.2 Å². The molecule has 34 heavy (non-hydrogen) atoms. The van der Waals surface area contributed by atoms with Crippen molar-refractivity contribution in [2.75, 3.05) is 0 Å². The summed E-state index contributed by atoms with van der Waals surface area (Å²) < 4.78 is 6.28. The molecule has 2 atom stereocenters. The molecule has 0 radical (unpaired) electrons. The maximum atomic E-state index is 11.4. The molecule has 0 amide bonds. The molecule has 0 saturated carbocycles. The van der Waals surface area contributed by atoms with Crippen LogP contribution in [0.3, 0.4) is 0 Å². The smallest absolute Gasteiger partial charge is 0.335 e. The minimum Gasteiger partial charge on any atom is -0.478 e. The number of aromatic nitrogens is 2. The fraction of sp³-hybridized carbons (Fsp3) is 0.120. The minimum atomic E-state index is -1.03. The summed E-state index contributed by atoms with van der Waals surface area (Å²) in [7, 11) is 0. The van der Waals surface area contributed by atoms with Crippen LogP contribution in [0.4, 0.5) is 0 Å². The quantitative estimate of drug-likeness (QED) is 0.353. The van der Waals surface area contributed by atoms with Crippen molar-refractivity contribution in [3.8, 4) is 11.3 Å². The van der Waals surface area contributed by atoms with Crippen molar-refractivity contribution < 1.29 is 14.3 Å². The average molecular weight is 491 g/mol. The van der Waals surface area contributed by atoms with E-state index in [-0.39, 0.29) is 17.6 Å². The number of halogens is 1. The van der Waals surface area contributed by atoms with Gasteiger partial charge >= 0.3 is 5.97 Å². The summed E-state index contributed by atoms with van der Waals surface area (Å²) in [5.74, 6) is 0.0913. The van der Waals surface area contributed by atoms with Crippen molar-refractivity contribution >= 4 is 34.9 Å². The van der Waals surface area contributed by atoms with Gasteiger partial charge < -0.3 is 19.7 Å². The Hall–Kier alpha value is -3.75. The van der Waals surface area contributed by atoms with E-state index in [9.17, 15) is 9.90 Å². The first kappa shape index (κ1) is 22.1. The van der Waals surface area contributed by atoms with E-state index in [2.05, 4.69) is 15.3 Å². The first-order valence-electron chi connectivity index (χ1n) is 10.5. The highest BCUT2D eigenvalue weighted by Gasteiger charge is 2.41. The molecule has 0 unspecified atom stereocenters. The van der Waals surface area contributed by atoms with Crippen LogP contribution in [-0.2, 0) is 6.54 Å². The number of nitrogens with one attached hydrogen (secondary N) is 1. The summed E-state index contributed by atoms with van der Waals surface area (Å²) in [6, 6.07) is 17.3. The van der Waals surface area contributed by atoms with Crippen molar-refractivity contribution in [1.29, 1.82) is 0 Å². The second-order valence-corrected chi connectivity index (χ2v) is 8.61. The van der Waals surface area contributed by atoms with E-state index in [0.29, 0.717) is 33.8 Å². The molecule has 3 aromatic heterocycles. The third-order valence-electron chi connectivity index (χ3n) is 5.67. The SMILES string of the molecule is O=C(O)c1ccc(Cl)c(-c2ccc([C@H]3[C@H](c4ccccn4)NC(=S)N3Cc3cccnc3)o2)c1. The Balaban J connectivity index is 1.56. The van der Waals surface area contributed by atoms with Crippen LogP contribution in [0.5, 0.6) is 0 Å². The van der Waals surface area contributed by atoms with Gasteiger partial charge in [-0.15, -0.1) is 0 Å².